The average molecular weight is 460 g/mol. The lowest BCUT2D eigenvalue weighted by atomic mass is 9.80. The summed E-state index contributed by atoms with van der Waals surface area (Å²) in [7, 11) is -3.60. The van der Waals surface area contributed by atoms with Crippen molar-refractivity contribution in [1.29, 1.82) is 0 Å². The second-order valence-electron chi connectivity index (χ2n) is 7.93. The van der Waals surface area contributed by atoms with E-state index in [1.165, 1.54) is 17.3 Å². The van der Waals surface area contributed by atoms with Crippen molar-refractivity contribution in [3.63, 3.8) is 0 Å². The van der Waals surface area contributed by atoms with E-state index < -0.39 is 14.6 Å². The van der Waals surface area contributed by atoms with Crippen LogP contribution in [-0.2, 0) is 16.4 Å². The Hall–Kier alpha value is -1.96. The van der Waals surface area contributed by atoms with Crippen LogP contribution in [0.2, 0.25) is 5.02 Å². The number of nitrogens with zero attached hydrogens (tertiary/aromatic N) is 1. The zero-order chi connectivity index (χ0) is 20.9. The smallest absolute Gasteiger partial charge is 0.246 e. The molecule has 2 N–H and O–H groups in total. The van der Waals surface area contributed by atoms with E-state index in [-0.39, 0.29) is 11.8 Å². The van der Waals surface area contributed by atoms with E-state index in [0.717, 1.165) is 41.0 Å². The van der Waals surface area contributed by atoms with Gasteiger partial charge < -0.3 is 4.98 Å². The first-order valence-electron chi connectivity index (χ1n) is 10.0. The number of imidazole rings is 1. The maximum absolute atomic E-state index is 13.4. The molecule has 3 aromatic rings. The first-order chi connectivity index (χ1) is 14.4. The van der Waals surface area contributed by atoms with Gasteiger partial charge in [0, 0.05) is 33.6 Å². The number of nitrogens with one attached hydrogen (secondary N) is 2. The largest absolute Gasteiger partial charge is 0.348 e. The molecule has 0 saturated heterocycles. The van der Waals surface area contributed by atoms with Crippen molar-refractivity contribution in [2.45, 2.75) is 47.5 Å². The Balaban J connectivity index is 1.46. The lowest BCUT2D eigenvalue weighted by molar-refractivity contribution is 0.591. The van der Waals surface area contributed by atoms with Gasteiger partial charge in [0.2, 0.25) is 10.0 Å². The minimum Gasteiger partial charge on any atom is -0.348 e. The first kappa shape index (κ1) is 20.0. The molecule has 0 fully saturated rings. The number of H-pyrrole nitrogens is 1. The molecule has 3 unspecified atom stereocenters. The van der Waals surface area contributed by atoms with E-state index in [2.05, 4.69) is 20.8 Å². The molecular formula is C22H22ClN3O2S2. The third-order valence-corrected chi connectivity index (χ3v) is 10.1. The van der Waals surface area contributed by atoms with Gasteiger partial charge in [0.15, 0.2) is 0 Å². The minimum absolute atomic E-state index is 0.140. The summed E-state index contributed by atoms with van der Waals surface area (Å²) < 4.78 is 29.1. The van der Waals surface area contributed by atoms with Crippen LogP contribution in [0, 0.1) is 0 Å². The summed E-state index contributed by atoms with van der Waals surface area (Å²) in [6, 6.07) is 11.5. The third-order valence-electron chi connectivity index (χ3n) is 6.07. The molecule has 8 heteroatoms. The van der Waals surface area contributed by atoms with Gasteiger partial charge in [-0.3, -0.25) is 4.72 Å². The molecule has 5 nitrogen and oxygen atoms in total. The number of hydrogen-bond acceptors (Lipinski definition) is 4. The molecule has 0 spiro atoms. The van der Waals surface area contributed by atoms with Gasteiger partial charge in [0.25, 0.3) is 0 Å². The predicted molar refractivity (Wildman–Crippen MR) is 122 cm³/mol. The van der Waals surface area contributed by atoms with Crippen molar-refractivity contribution in [1.82, 2.24) is 9.97 Å². The second kappa shape index (κ2) is 7.62. The van der Waals surface area contributed by atoms with Gasteiger partial charge in [-0.1, -0.05) is 30.7 Å². The number of thioether (sulfide) groups is 1. The SMILES string of the molecule is CC1c2cc(Cl)ccc2SC1S(=O)(=O)Nc1cccc2c1CCCC2c1cnc[nH]1. The maximum Gasteiger partial charge on any atom is 0.246 e. The standard InChI is InChI=1S/C22H22ClN3O2S2/c1-13-18-10-14(23)8-9-21(18)29-22(13)30(27,28)26-19-7-3-4-15-16(19)5-2-6-17(15)20-11-24-12-25-20/h3-4,7-13,17,22,26H,2,5-6H2,1H3,(H,24,25). The van der Waals surface area contributed by atoms with Gasteiger partial charge in [0.1, 0.15) is 4.58 Å². The highest BCUT2D eigenvalue weighted by Crippen LogP contribution is 2.49. The summed E-state index contributed by atoms with van der Waals surface area (Å²) in [4.78, 5) is 8.36. The molecule has 2 heterocycles. The molecule has 1 aromatic heterocycles. The predicted octanol–water partition coefficient (Wildman–Crippen LogP) is 5.51. The number of sulfonamides is 1. The quantitative estimate of drug-likeness (QED) is 0.539. The molecule has 1 aliphatic heterocycles. The Labute approximate surface area is 185 Å². The molecule has 0 amide bonds. The Morgan fingerprint density at radius 2 is 2.10 bits per heavy atom. The Morgan fingerprint density at radius 3 is 2.90 bits per heavy atom. The third kappa shape index (κ3) is 3.43. The van der Waals surface area contributed by atoms with E-state index >= 15 is 0 Å². The normalized spacial score (nSPS) is 23.1. The summed E-state index contributed by atoms with van der Waals surface area (Å²) >= 11 is 7.53. The lowest BCUT2D eigenvalue weighted by Crippen LogP contribution is -2.28. The number of anilines is 1. The number of fused-ring (bicyclic) bond motifs is 2. The molecule has 1 aliphatic carbocycles. The zero-order valence-electron chi connectivity index (χ0n) is 16.4. The molecular weight excluding hydrogens is 438 g/mol. The fourth-order valence-corrected chi connectivity index (χ4v) is 8.19. The summed E-state index contributed by atoms with van der Waals surface area (Å²) in [6.07, 6.45) is 6.45. The van der Waals surface area contributed by atoms with Crippen LogP contribution in [0.25, 0.3) is 0 Å². The van der Waals surface area contributed by atoms with Crippen LogP contribution in [0.5, 0.6) is 0 Å². The Morgan fingerprint density at radius 1 is 1.23 bits per heavy atom. The molecule has 0 radical (unpaired) electrons. The molecule has 2 aromatic carbocycles. The van der Waals surface area contributed by atoms with Crippen molar-refractivity contribution in [3.8, 4) is 0 Å². The van der Waals surface area contributed by atoms with Crippen LogP contribution in [0.4, 0.5) is 5.69 Å². The second-order valence-corrected chi connectivity index (χ2v) is 11.6. The molecule has 0 saturated carbocycles. The molecule has 30 heavy (non-hydrogen) atoms. The number of rotatable bonds is 4. The molecule has 156 valence electrons. The molecule has 2 aliphatic rings. The fourth-order valence-electron chi connectivity index (χ4n) is 4.62. The van der Waals surface area contributed by atoms with Gasteiger partial charge in [-0.2, -0.15) is 0 Å². The van der Waals surface area contributed by atoms with Crippen molar-refractivity contribution in [3.05, 3.63) is 76.3 Å². The van der Waals surface area contributed by atoms with E-state index in [4.69, 9.17) is 11.6 Å². The fraction of sp³-hybridized carbons (Fsp3) is 0.318. The average Bonchev–Trinajstić information content (AvgIpc) is 3.37. The van der Waals surface area contributed by atoms with Gasteiger partial charge in [0.05, 0.1) is 12.0 Å². The van der Waals surface area contributed by atoms with Gasteiger partial charge in [-0.25, -0.2) is 13.4 Å². The van der Waals surface area contributed by atoms with Gasteiger partial charge in [-0.05, 0) is 60.2 Å². The minimum atomic E-state index is -3.60. The van der Waals surface area contributed by atoms with Gasteiger partial charge >= 0.3 is 0 Å². The monoisotopic (exact) mass is 459 g/mol. The van der Waals surface area contributed by atoms with Crippen LogP contribution in [0.15, 0.2) is 53.8 Å². The lowest BCUT2D eigenvalue weighted by Gasteiger charge is -2.27. The van der Waals surface area contributed by atoms with Crippen LogP contribution in [-0.4, -0.2) is 23.0 Å². The van der Waals surface area contributed by atoms with Crippen molar-refractivity contribution < 1.29 is 8.42 Å². The van der Waals surface area contributed by atoms with E-state index in [1.54, 1.807) is 6.33 Å². The highest BCUT2D eigenvalue weighted by Gasteiger charge is 2.40. The molecule has 0 bridgehead atoms. The summed E-state index contributed by atoms with van der Waals surface area (Å²) in [5, 5.41) is 0.634. The highest BCUT2D eigenvalue weighted by molar-refractivity contribution is 8.14. The van der Waals surface area contributed by atoms with Crippen molar-refractivity contribution in [2.75, 3.05) is 4.72 Å². The Bertz CT molecular complexity index is 1200. The zero-order valence-corrected chi connectivity index (χ0v) is 18.8. The summed E-state index contributed by atoms with van der Waals surface area (Å²) in [5.74, 6) is 0.0744. The molecule has 5 rings (SSSR count). The maximum atomic E-state index is 13.4. The summed E-state index contributed by atoms with van der Waals surface area (Å²) in [5.41, 5.74) is 5.02. The van der Waals surface area contributed by atoms with Crippen LogP contribution < -0.4 is 4.72 Å². The Kier molecular flexibility index (Phi) is 5.08. The topological polar surface area (TPSA) is 74.8 Å². The van der Waals surface area contributed by atoms with Crippen molar-refractivity contribution in [2.24, 2.45) is 0 Å². The number of halogens is 1. The number of aromatic nitrogens is 2. The highest BCUT2D eigenvalue weighted by atomic mass is 35.5. The van der Waals surface area contributed by atoms with E-state index in [1.807, 2.05) is 43.5 Å². The summed E-state index contributed by atoms with van der Waals surface area (Å²) in [6.45, 7) is 1.95. The number of aromatic amines is 1. The van der Waals surface area contributed by atoms with Crippen LogP contribution in [0.3, 0.4) is 0 Å². The van der Waals surface area contributed by atoms with Crippen LogP contribution >= 0.6 is 23.4 Å². The van der Waals surface area contributed by atoms with E-state index in [0.29, 0.717) is 10.7 Å². The van der Waals surface area contributed by atoms with Crippen LogP contribution in [0.1, 0.15) is 54.0 Å². The number of benzene rings is 2. The van der Waals surface area contributed by atoms with Crippen molar-refractivity contribution >= 4 is 39.1 Å². The first-order valence-corrected chi connectivity index (χ1v) is 12.8. The van der Waals surface area contributed by atoms with E-state index in [9.17, 15) is 8.42 Å². The van der Waals surface area contributed by atoms with Gasteiger partial charge in [-0.15, -0.1) is 11.8 Å². The molecule has 3 atom stereocenters. The number of hydrogen-bond donors (Lipinski definition) is 2.